The van der Waals surface area contributed by atoms with Gasteiger partial charge in [-0.1, -0.05) is 53.2 Å². The zero-order chi connectivity index (χ0) is 22.8. The van der Waals surface area contributed by atoms with Crippen LogP contribution in [0.3, 0.4) is 0 Å². The maximum absolute atomic E-state index is 6.21. The van der Waals surface area contributed by atoms with Crippen molar-refractivity contribution in [2.75, 3.05) is 26.4 Å². The summed E-state index contributed by atoms with van der Waals surface area (Å²) in [7, 11) is -2.63. The van der Waals surface area contributed by atoms with Gasteiger partial charge in [-0.05, 0) is 56.2 Å². The van der Waals surface area contributed by atoms with E-state index in [1.165, 1.54) is 5.56 Å². The van der Waals surface area contributed by atoms with Crippen LogP contribution >= 0.6 is 0 Å². The van der Waals surface area contributed by atoms with Crippen LogP contribution in [0.4, 0.5) is 0 Å². The molecule has 0 N–H and O–H groups in total. The van der Waals surface area contributed by atoms with Crippen LogP contribution in [0.25, 0.3) is 0 Å². The second-order valence-electron chi connectivity index (χ2n) is 7.91. The average molecular weight is 455 g/mol. The number of rotatable bonds is 20. The topological polar surface area (TPSA) is 46.2 Å². The molecule has 0 aromatic heterocycles. The van der Waals surface area contributed by atoms with Gasteiger partial charge in [0, 0.05) is 32.3 Å². The Balaban J connectivity index is 2.68. The molecule has 0 aliphatic carbocycles. The normalized spacial score (nSPS) is 12.8. The van der Waals surface area contributed by atoms with Crippen LogP contribution in [0, 0.1) is 0 Å². The number of hydrogen-bond donors (Lipinski definition) is 0. The van der Waals surface area contributed by atoms with Crippen molar-refractivity contribution in [3.05, 3.63) is 29.8 Å². The van der Waals surface area contributed by atoms with Gasteiger partial charge in [-0.25, -0.2) is 0 Å². The lowest BCUT2D eigenvalue weighted by Gasteiger charge is -2.29. The Labute approximate surface area is 192 Å². The number of hydrogen-bond acceptors (Lipinski definition) is 5. The highest BCUT2D eigenvalue weighted by molar-refractivity contribution is 6.60. The fourth-order valence-corrected chi connectivity index (χ4v) is 5.98. The maximum atomic E-state index is 6.21. The van der Waals surface area contributed by atoms with Gasteiger partial charge in [0.25, 0.3) is 0 Å². The zero-order valence-electron chi connectivity index (χ0n) is 20.6. The Morgan fingerprint density at radius 3 is 1.97 bits per heavy atom. The molecule has 31 heavy (non-hydrogen) atoms. The van der Waals surface area contributed by atoms with Crippen molar-refractivity contribution in [1.82, 2.24) is 0 Å². The lowest BCUT2D eigenvalue weighted by molar-refractivity contribution is -0.0823. The van der Waals surface area contributed by atoms with Gasteiger partial charge in [-0.2, -0.15) is 0 Å². The van der Waals surface area contributed by atoms with Gasteiger partial charge in [0.05, 0.1) is 6.61 Å². The summed E-state index contributed by atoms with van der Waals surface area (Å²) in [5.74, 6) is 0.871. The molecule has 1 rings (SSSR count). The standard InChI is InChI=1S/C25H46O5Si/c1-6-11-20-26-25(10-5)30-24-16-12-14-23(22-24)15-13-21-31(27-17-7-2,28-18-8-3)29-19-9-4/h12,14,16,22,25H,6-11,13,15,17-21H2,1-5H3. The summed E-state index contributed by atoms with van der Waals surface area (Å²) in [6.45, 7) is 13.5. The van der Waals surface area contributed by atoms with Gasteiger partial charge in [0.1, 0.15) is 5.75 Å². The van der Waals surface area contributed by atoms with Gasteiger partial charge in [0.2, 0.25) is 0 Å². The predicted octanol–water partition coefficient (Wildman–Crippen LogP) is 6.77. The molecular formula is C25H46O5Si. The SMILES string of the molecule is CCCCOC(CC)Oc1cccc(CCC[Si](OCCC)(OCCC)OCCC)c1. The van der Waals surface area contributed by atoms with Crippen molar-refractivity contribution in [1.29, 1.82) is 0 Å². The number of ether oxygens (including phenoxy) is 2. The zero-order valence-corrected chi connectivity index (χ0v) is 21.6. The summed E-state index contributed by atoms with van der Waals surface area (Å²) >= 11 is 0. The van der Waals surface area contributed by atoms with E-state index in [4.69, 9.17) is 22.8 Å². The molecule has 0 bridgehead atoms. The molecule has 5 nitrogen and oxygen atoms in total. The van der Waals surface area contributed by atoms with Crippen LogP contribution in [0.5, 0.6) is 5.75 Å². The molecule has 0 saturated carbocycles. The summed E-state index contributed by atoms with van der Waals surface area (Å²) < 4.78 is 30.6. The second-order valence-corrected chi connectivity index (χ2v) is 10.6. The van der Waals surface area contributed by atoms with Crippen molar-refractivity contribution in [3.63, 3.8) is 0 Å². The van der Waals surface area contributed by atoms with E-state index < -0.39 is 8.80 Å². The highest BCUT2D eigenvalue weighted by atomic mass is 28.4. The monoisotopic (exact) mass is 454 g/mol. The molecule has 1 aromatic rings. The molecule has 0 aliphatic heterocycles. The largest absolute Gasteiger partial charge is 0.500 e. The average Bonchev–Trinajstić information content (AvgIpc) is 2.79. The van der Waals surface area contributed by atoms with Crippen LogP contribution < -0.4 is 4.74 Å². The van der Waals surface area contributed by atoms with E-state index >= 15 is 0 Å². The first-order valence-corrected chi connectivity index (χ1v) is 14.3. The first-order valence-electron chi connectivity index (χ1n) is 12.4. The Kier molecular flexibility index (Phi) is 16.0. The number of unbranched alkanes of at least 4 members (excludes halogenated alkanes) is 1. The molecule has 0 fully saturated rings. The van der Waals surface area contributed by atoms with Crippen molar-refractivity contribution < 1.29 is 22.8 Å². The third-order valence-electron chi connectivity index (χ3n) is 4.83. The van der Waals surface area contributed by atoms with E-state index in [0.29, 0.717) is 19.8 Å². The highest BCUT2D eigenvalue weighted by Gasteiger charge is 2.40. The van der Waals surface area contributed by atoms with Crippen LogP contribution in [-0.4, -0.2) is 41.5 Å². The Morgan fingerprint density at radius 2 is 1.42 bits per heavy atom. The lowest BCUT2D eigenvalue weighted by Crippen LogP contribution is -2.46. The van der Waals surface area contributed by atoms with E-state index in [9.17, 15) is 0 Å². The highest BCUT2D eigenvalue weighted by Crippen LogP contribution is 2.23. The second kappa shape index (κ2) is 17.6. The minimum atomic E-state index is -2.63. The predicted molar refractivity (Wildman–Crippen MR) is 130 cm³/mol. The summed E-state index contributed by atoms with van der Waals surface area (Å²) in [5, 5.41) is 0. The summed E-state index contributed by atoms with van der Waals surface area (Å²) in [4.78, 5) is 0. The van der Waals surface area contributed by atoms with Crippen LogP contribution in [0.2, 0.25) is 6.04 Å². The third-order valence-corrected chi connectivity index (χ3v) is 7.73. The Morgan fingerprint density at radius 1 is 0.774 bits per heavy atom. The first kappa shape index (κ1) is 28.1. The molecule has 0 amide bonds. The molecule has 1 aromatic carbocycles. The van der Waals surface area contributed by atoms with Gasteiger partial charge in [-0.3, -0.25) is 0 Å². The molecule has 180 valence electrons. The van der Waals surface area contributed by atoms with E-state index in [0.717, 1.165) is 69.8 Å². The molecule has 0 spiro atoms. The van der Waals surface area contributed by atoms with E-state index in [1.807, 2.05) is 6.07 Å². The third kappa shape index (κ3) is 12.0. The fraction of sp³-hybridized carbons (Fsp3) is 0.760. The van der Waals surface area contributed by atoms with Crippen LogP contribution in [-0.2, 0) is 24.4 Å². The minimum Gasteiger partial charge on any atom is -0.465 e. The minimum absolute atomic E-state index is 0.186. The van der Waals surface area contributed by atoms with Crippen molar-refractivity contribution in [2.45, 2.75) is 98.3 Å². The van der Waals surface area contributed by atoms with Gasteiger partial charge >= 0.3 is 8.80 Å². The van der Waals surface area contributed by atoms with Gasteiger partial charge < -0.3 is 22.8 Å². The molecule has 1 atom stereocenters. The molecule has 0 heterocycles. The Hall–Kier alpha value is -0.923. The van der Waals surface area contributed by atoms with Crippen LogP contribution in [0.1, 0.15) is 85.1 Å². The molecule has 1 unspecified atom stereocenters. The van der Waals surface area contributed by atoms with Crippen LogP contribution in [0.15, 0.2) is 24.3 Å². The summed E-state index contributed by atoms with van der Waals surface area (Å²) in [5.41, 5.74) is 1.25. The fourth-order valence-electron chi connectivity index (χ4n) is 3.14. The molecule has 0 radical (unpaired) electrons. The van der Waals surface area contributed by atoms with E-state index in [-0.39, 0.29) is 6.29 Å². The molecule has 6 heteroatoms. The number of aryl methyl sites for hydroxylation is 1. The molecule has 0 saturated heterocycles. The number of benzene rings is 1. The van der Waals surface area contributed by atoms with Gasteiger partial charge in [0.15, 0.2) is 6.29 Å². The van der Waals surface area contributed by atoms with Crippen molar-refractivity contribution >= 4 is 8.80 Å². The van der Waals surface area contributed by atoms with Gasteiger partial charge in [-0.15, -0.1) is 0 Å². The Bertz CT molecular complexity index is 533. The quantitative estimate of drug-likeness (QED) is 0.124. The van der Waals surface area contributed by atoms with Crippen molar-refractivity contribution in [3.8, 4) is 5.75 Å². The molecule has 0 aliphatic rings. The van der Waals surface area contributed by atoms with E-state index in [1.54, 1.807) is 0 Å². The smallest absolute Gasteiger partial charge is 0.465 e. The first-order chi connectivity index (χ1) is 15.1. The molecular weight excluding hydrogens is 408 g/mol. The summed E-state index contributed by atoms with van der Waals surface area (Å²) in [6.07, 6.45) is 7.66. The van der Waals surface area contributed by atoms with E-state index in [2.05, 4.69) is 52.8 Å². The summed E-state index contributed by atoms with van der Waals surface area (Å²) in [6, 6.07) is 9.19. The van der Waals surface area contributed by atoms with Crippen molar-refractivity contribution in [2.24, 2.45) is 0 Å². The lowest BCUT2D eigenvalue weighted by atomic mass is 10.1. The maximum Gasteiger partial charge on any atom is 0.500 e.